The van der Waals surface area contributed by atoms with Crippen LogP contribution in [0.15, 0.2) is 79.0 Å². The van der Waals surface area contributed by atoms with E-state index in [1.54, 1.807) is 44.6 Å². The Bertz CT molecular complexity index is 1410. The van der Waals surface area contributed by atoms with Crippen molar-refractivity contribution in [2.75, 3.05) is 14.2 Å². The molecule has 3 aromatic carbocycles. The summed E-state index contributed by atoms with van der Waals surface area (Å²) in [5.41, 5.74) is 4.73. The third-order valence-corrected chi connectivity index (χ3v) is 5.69. The largest absolute Gasteiger partial charge is 0.493 e. The molecule has 170 valence electrons. The zero-order valence-corrected chi connectivity index (χ0v) is 19.3. The molecule has 6 heteroatoms. The summed E-state index contributed by atoms with van der Waals surface area (Å²) in [5, 5.41) is 13.5. The van der Waals surface area contributed by atoms with E-state index in [4.69, 9.17) is 14.7 Å². The maximum Gasteiger partial charge on any atom is 0.187 e. The first-order chi connectivity index (χ1) is 16.5. The second-order valence-electron chi connectivity index (χ2n) is 7.83. The zero-order valence-electron chi connectivity index (χ0n) is 19.3. The van der Waals surface area contributed by atoms with Crippen LogP contribution in [-0.4, -0.2) is 24.6 Å². The lowest BCUT2D eigenvalue weighted by Crippen LogP contribution is -2.14. The van der Waals surface area contributed by atoms with Gasteiger partial charge >= 0.3 is 0 Å². The van der Waals surface area contributed by atoms with Gasteiger partial charge in [0.2, 0.25) is 0 Å². The summed E-state index contributed by atoms with van der Waals surface area (Å²) in [6.45, 7) is 0.482. The third-order valence-electron chi connectivity index (χ3n) is 5.69. The van der Waals surface area contributed by atoms with Crippen LogP contribution in [0.1, 0.15) is 27.0 Å². The first kappa shape index (κ1) is 22.7. The molecule has 0 atom stereocenters. The number of para-hydroxylation sites is 1. The highest BCUT2D eigenvalue weighted by Gasteiger charge is 2.14. The Morgan fingerprint density at radius 2 is 1.76 bits per heavy atom. The molecule has 6 nitrogen and oxygen atoms in total. The number of benzene rings is 3. The minimum atomic E-state index is -0.146. The van der Waals surface area contributed by atoms with Crippen molar-refractivity contribution in [1.82, 2.24) is 9.88 Å². The number of carbonyl (C=O) groups is 1. The number of nitrogens with one attached hydrogen (secondary N) is 1. The Labute approximate surface area is 198 Å². The van der Waals surface area contributed by atoms with Gasteiger partial charge in [-0.25, -0.2) is 0 Å². The summed E-state index contributed by atoms with van der Waals surface area (Å²) >= 11 is 0. The van der Waals surface area contributed by atoms with Crippen LogP contribution >= 0.6 is 0 Å². The van der Waals surface area contributed by atoms with Gasteiger partial charge < -0.3 is 19.4 Å². The Hall–Kier alpha value is -4.50. The van der Waals surface area contributed by atoms with Crippen LogP contribution in [-0.2, 0) is 13.6 Å². The van der Waals surface area contributed by atoms with Crippen molar-refractivity contribution in [3.05, 3.63) is 101 Å². The second-order valence-corrected chi connectivity index (χ2v) is 7.83. The Balaban J connectivity index is 1.71. The molecule has 0 aliphatic rings. The molecule has 4 rings (SSSR count). The number of ether oxygens (including phenoxy) is 2. The molecule has 1 heterocycles. The predicted molar refractivity (Wildman–Crippen MR) is 133 cm³/mol. The van der Waals surface area contributed by atoms with E-state index in [-0.39, 0.29) is 5.78 Å². The van der Waals surface area contributed by atoms with Crippen LogP contribution in [0.4, 0.5) is 0 Å². The quantitative estimate of drug-likeness (QED) is 0.299. The number of aromatic nitrogens is 1. The van der Waals surface area contributed by atoms with Gasteiger partial charge in [-0.15, -0.1) is 0 Å². The molecule has 1 aromatic heterocycles. The number of aryl methyl sites for hydroxylation is 1. The van der Waals surface area contributed by atoms with Crippen LogP contribution < -0.4 is 14.8 Å². The van der Waals surface area contributed by atoms with Crippen molar-refractivity contribution < 1.29 is 14.3 Å². The summed E-state index contributed by atoms with van der Waals surface area (Å²) in [5.74, 6) is 1.16. The van der Waals surface area contributed by atoms with Crippen molar-refractivity contribution in [3.8, 4) is 17.6 Å². The highest BCUT2D eigenvalue weighted by Crippen LogP contribution is 2.29. The van der Waals surface area contributed by atoms with E-state index in [0.717, 1.165) is 22.0 Å². The number of allylic oxidation sites excluding steroid dienone is 1. The first-order valence-corrected chi connectivity index (χ1v) is 10.8. The van der Waals surface area contributed by atoms with E-state index in [1.165, 1.54) is 0 Å². The average Bonchev–Trinajstić information content (AvgIpc) is 3.22. The van der Waals surface area contributed by atoms with E-state index in [0.29, 0.717) is 34.9 Å². The molecule has 0 unspecified atom stereocenters. The Kier molecular flexibility index (Phi) is 6.65. The summed E-state index contributed by atoms with van der Waals surface area (Å²) < 4.78 is 12.8. The number of methoxy groups -OCH3 is 2. The SMILES string of the molecule is COc1ccc(CN/C(=C\C(=O)c2ccc(C#N)cc2)c2cn(C)c3ccccc23)cc1OC. The van der Waals surface area contributed by atoms with E-state index >= 15 is 0 Å². The topological polar surface area (TPSA) is 76.3 Å². The van der Waals surface area contributed by atoms with E-state index in [1.807, 2.05) is 60.3 Å². The lowest BCUT2D eigenvalue weighted by Gasteiger charge is -2.13. The monoisotopic (exact) mass is 451 g/mol. The van der Waals surface area contributed by atoms with E-state index in [9.17, 15) is 4.79 Å². The van der Waals surface area contributed by atoms with Crippen LogP contribution in [0.5, 0.6) is 11.5 Å². The fourth-order valence-electron chi connectivity index (χ4n) is 3.89. The molecule has 0 radical (unpaired) electrons. The number of nitriles is 1. The molecule has 0 saturated heterocycles. The normalized spacial score (nSPS) is 11.2. The molecule has 0 saturated carbocycles. The zero-order chi connectivity index (χ0) is 24.1. The van der Waals surface area contributed by atoms with Crippen LogP contribution in [0.2, 0.25) is 0 Å². The first-order valence-electron chi connectivity index (χ1n) is 10.8. The van der Waals surface area contributed by atoms with Crippen molar-refractivity contribution in [2.24, 2.45) is 7.05 Å². The number of fused-ring (bicyclic) bond motifs is 1. The van der Waals surface area contributed by atoms with Crippen molar-refractivity contribution in [1.29, 1.82) is 5.26 Å². The minimum absolute atomic E-state index is 0.146. The highest BCUT2D eigenvalue weighted by molar-refractivity contribution is 6.10. The minimum Gasteiger partial charge on any atom is -0.493 e. The fourth-order valence-corrected chi connectivity index (χ4v) is 3.89. The fraction of sp³-hybridized carbons (Fsp3) is 0.143. The highest BCUT2D eigenvalue weighted by atomic mass is 16.5. The van der Waals surface area contributed by atoms with E-state index < -0.39 is 0 Å². The van der Waals surface area contributed by atoms with Gasteiger partial charge in [0.1, 0.15) is 0 Å². The molecule has 34 heavy (non-hydrogen) atoms. The van der Waals surface area contributed by atoms with Gasteiger partial charge in [-0.3, -0.25) is 4.79 Å². The number of hydrogen-bond acceptors (Lipinski definition) is 5. The number of rotatable bonds is 8. The van der Waals surface area contributed by atoms with Gasteiger partial charge in [-0.1, -0.05) is 24.3 Å². The molecule has 0 amide bonds. The molecule has 0 aliphatic carbocycles. The third kappa shape index (κ3) is 4.64. The Morgan fingerprint density at radius 3 is 2.47 bits per heavy atom. The van der Waals surface area contributed by atoms with Crippen LogP contribution in [0.3, 0.4) is 0 Å². The van der Waals surface area contributed by atoms with E-state index in [2.05, 4.69) is 11.4 Å². The van der Waals surface area contributed by atoms with Crippen molar-refractivity contribution in [3.63, 3.8) is 0 Å². The van der Waals surface area contributed by atoms with Crippen LogP contribution in [0, 0.1) is 11.3 Å². The van der Waals surface area contributed by atoms with Gasteiger partial charge in [0.25, 0.3) is 0 Å². The lowest BCUT2D eigenvalue weighted by atomic mass is 10.0. The number of carbonyl (C=O) groups excluding carboxylic acids is 1. The standard InChI is InChI=1S/C28H25N3O3/c1-31-18-23(22-6-4-5-7-25(22)31)24(15-26(32)21-11-8-19(16-29)9-12-21)30-17-20-10-13-27(33-2)28(14-20)34-3/h4-15,18,30H,17H2,1-3H3/b24-15-. The van der Waals surface area contributed by atoms with Gasteiger partial charge in [0, 0.05) is 53.6 Å². The molecule has 1 N–H and O–H groups in total. The summed E-state index contributed by atoms with van der Waals surface area (Å²) in [7, 11) is 5.19. The lowest BCUT2D eigenvalue weighted by molar-refractivity contribution is 0.104. The summed E-state index contributed by atoms with van der Waals surface area (Å²) in [6, 6.07) is 22.5. The maximum absolute atomic E-state index is 13.1. The number of nitrogens with zero attached hydrogens (tertiary/aromatic N) is 2. The van der Waals surface area contributed by atoms with Gasteiger partial charge in [0.05, 0.1) is 25.9 Å². The maximum atomic E-state index is 13.1. The molecule has 0 fully saturated rings. The predicted octanol–water partition coefficient (Wildman–Crippen LogP) is 5.08. The van der Waals surface area contributed by atoms with Crippen molar-refractivity contribution >= 4 is 22.4 Å². The molecule has 0 spiro atoms. The number of ketones is 1. The molecule has 0 bridgehead atoms. The van der Waals surface area contributed by atoms with Gasteiger partial charge in [-0.2, -0.15) is 5.26 Å². The molecule has 4 aromatic rings. The molecular weight excluding hydrogens is 426 g/mol. The second kappa shape index (κ2) is 9.97. The van der Waals surface area contributed by atoms with Gasteiger partial charge in [0.15, 0.2) is 17.3 Å². The average molecular weight is 452 g/mol. The van der Waals surface area contributed by atoms with Gasteiger partial charge in [-0.05, 0) is 48.0 Å². The number of hydrogen-bond donors (Lipinski definition) is 1. The summed E-state index contributed by atoms with van der Waals surface area (Å²) in [6.07, 6.45) is 3.63. The Morgan fingerprint density at radius 1 is 1.03 bits per heavy atom. The van der Waals surface area contributed by atoms with Crippen LogP contribution in [0.25, 0.3) is 16.6 Å². The smallest absolute Gasteiger partial charge is 0.187 e. The molecule has 0 aliphatic heterocycles. The molecular formula is C28H25N3O3. The van der Waals surface area contributed by atoms with Crippen molar-refractivity contribution in [2.45, 2.75) is 6.54 Å². The summed E-state index contributed by atoms with van der Waals surface area (Å²) in [4.78, 5) is 13.1.